The fraction of sp³-hybridized carbons (Fsp3) is 1.00. The lowest BCUT2D eigenvalue weighted by atomic mass is 9.79. The largest absolute Gasteiger partial charge is 0.317 e. The summed E-state index contributed by atoms with van der Waals surface area (Å²) in [6.07, 6.45) is 2.48. The maximum absolute atomic E-state index is 13.6. The molecule has 0 aromatic carbocycles. The smallest absolute Gasteiger partial charge is 0.106 e. The highest BCUT2D eigenvalue weighted by Gasteiger charge is 2.32. The molecular weight excluding hydrogens is 167 g/mol. The second-order valence-corrected chi connectivity index (χ2v) is 4.26. The molecule has 76 valence electrons. The summed E-state index contributed by atoms with van der Waals surface area (Å²) >= 11 is 0. The minimum absolute atomic E-state index is 0.288. The molecule has 0 aromatic rings. The zero-order chi connectivity index (χ0) is 9.10. The molecule has 0 aliphatic carbocycles. The minimum Gasteiger partial charge on any atom is -0.317 e. The average Bonchev–Trinajstić information content (AvgIpc) is 2.20. The minimum atomic E-state index is -0.552. The zero-order valence-electron chi connectivity index (χ0n) is 8.06. The maximum Gasteiger partial charge on any atom is 0.106 e. The number of hydrogen-bond acceptors (Lipinski definition) is 2. The van der Waals surface area contributed by atoms with Gasteiger partial charge >= 0.3 is 0 Å². The van der Waals surface area contributed by atoms with Crippen molar-refractivity contribution in [1.82, 2.24) is 10.6 Å². The molecule has 0 saturated carbocycles. The molecule has 2 fully saturated rings. The molecule has 2 nitrogen and oxygen atoms in total. The quantitative estimate of drug-likeness (QED) is 0.636. The van der Waals surface area contributed by atoms with E-state index in [2.05, 4.69) is 10.6 Å². The van der Waals surface area contributed by atoms with Gasteiger partial charge in [0, 0.05) is 12.5 Å². The van der Waals surface area contributed by atoms with Crippen molar-refractivity contribution in [3.63, 3.8) is 0 Å². The van der Waals surface area contributed by atoms with Crippen LogP contribution >= 0.6 is 0 Å². The van der Waals surface area contributed by atoms with Crippen molar-refractivity contribution in [1.29, 1.82) is 0 Å². The Bertz CT molecular complexity index is 157. The number of hydrogen-bond donors (Lipinski definition) is 2. The first kappa shape index (κ1) is 9.41. The molecule has 0 amide bonds. The van der Waals surface area contributed by atoms with Crippen molar-refractivity contribution in [3.8, 4) is 0 Å². The molecule has 2 rings (SSSR count). The molecule has 13 heavy (non-hydrogen) atoms. The number of alkyl halides is 1. The number of halogens is 1. The van der Waals surface area contributed by atoms with Crippen LogP contribution in [0.2, 0.25) is 0 Å². The van der Waals surface area contributed by atoms with Gasteiger partial charge in [-0.3, -0.25) is 0 Å². The molecule has 0 aromatic heterocycles. The van der Waals surface area contributed by atoms with Crippen molar-refractivity contribution in [2.45, 2.75) is 25.4 Å². The van der Waals surface area contributed by atoms with E-state index >= 15 is 0 Å². The van der Waals surface area contributed by atoms with Crippen LogP contribution in [0.4, 0.5) is 4.39 Å². The van der Waals surface area contributed by atoms with E-state index in [1.54, 1.807) is 0 Å². The molecule has 2 atom stereocenters. The normalized spacial score (nSPS) is 37.6. The van der Waals surface area contributed by atoms with Crippen LogP contribution in [0.5, 0.6) is 0 Å². The van der Waals surface area contributed by atoms with Crippen LogP contribution in [0.3, 0.4) is 0 Å². The molecular formula is C10H19FN2. The van der Waals surface area contributed by atoms with Crippen LogP contribution in [0.1, 0.15) is 19.3 Å². The Morgan fingerprint density at radius 2 is 1.62 bits per heavy atom. The highest BCUT2D eigenvalue weighted by molar-refractivity contribution is 4.85. The van der Waals surface area contributed by atoms with Gasteiger partial charge in [0.05, 0.1) is 0 Å². The third-order valence-electron chi connectivity index (χ3n) is 3.43. The molecule has 0 spiro atoms. The van der Waals surface area contributed by atoms with E-state index in [4.69, 9.17) is 0 Å². The molecule has 2 N–H and O–H groups in total. The Hall–Kier alpha value is -0.150. The maximum atomic E-state index is 13.6. The highest BCUT2D eigenvalue weighted by atomic mass is 19.1. The highest BCUT2D eigenvalue weighted by Crippen LogP contribution is 2.29. The van der Waals surface area contributed by atoms with Crippen molar-refractivity contribution in [2.75, 3.05) is 26.2 Å². The predicted molar refractivity (Wildman–Crippen MR) is 51.5 cm³/mol. The molecule has 0 bridgehead atoms. The van der Waals surface area contributed by atoms with E-state index < -0.39 is 6.17 Å². The van der Waals surface area contributed by atoms with Crippen molar-refractivity contribution < 1.29 is 4.39 Å². The van der Waals surface area contributed by atoms with Crippen LogP contribution in [-0.4, -0.2) is 32.4 Å². The van der Waals surface area contributed by atoms with E-state index in [-0.39, 0.29) is 5.92 Å². The summed E-state index contributed by atoms with van der Waals surface area (Å²) in [7, 11) is 0. The van der Waals surface area contributed by atoms with Gasteiger partial charge in [-0.1, -0.05) is 0 Å². The molecule has 2 aliphatic heterocycles. The van der Waals surface area contributed by atoms with E-state index in [1.807, 2.05) is 0 Å². The Labute approximate surface area is 79.3 Å². The molecule has 2 saturated heterocycles. The van der Waals surface area contributed by atoms with Gasteiger partial charge in [0.15, 0.2) is 0 Å². The summed E-state index contributed by atoms with van der Waals surface area (Å²) in [5.74, 6) is 0.903. The second-order valence-electron chi connectivity index (χ2n) is 4.26. The zero-order valence-corrected chi connectivity index (χ0v) is 8.06. The number of nitrogens with one attached hydrogen (secondary N) is 2. The first-order valence-electron chi connectivity index (χ1n) is 5.43. The van der Waals surface area contributed by atoms with Gasteiger partial charge in [-0.15, -0.1) is 0 Å². The predicted octanol–water partition coefficient (Wildman–Crippen LogP) is 0.934. The topological polar surface area (TPSA) is 24.1 Å². The standard InChI is InChI=1S/C10H19FN2/c11-10-3-6-13-7-9(10)8-1-4-12-5-2-8/h8-10,12-13H,1-7H2. The summed E-state index contributed by atoms with van der Waals surface area (Å²) in [5.41, 5.74) is 0. The van der Waals surface area contributed by atoms with E-state index in [9.17, 15) is 4.39 Å². The fourth-order valence-corrected chi connectivity index (χ4v) is 2.59. The van der Waals surface area contributed by atoms with Crippen LogP contribution in [-0.2, 0) is 0 Å². The number of rotatable bonds is 1. The van der Waals surface area contributed by atoms with E-state index in [1.165, 1.54) is 0 Å². The third kappa shape index (κ3) is 2.20. The molecule has 2 heterocycles. The lowest BCUT2D eigenvalue weighted by molar-refractivity contribution is 0.107. The molecule has 2 aliphatic rings. The van der Waals surface area contributed by atoms with Gasteiger partial charge in [-0.2, -0.15) is 0 Å². The Morgan fingerprint density at radius 3 is 2.31 bits per heavy atom. The van der Waals surface area contributed by atoms with Crippen molar-refractivity contribution in [3.05, 3.63) is 0 Å². The third-order valence-corrected chi connectivity index (χ3v) is 3.43. The van der Waals surface area contributed by atoms with Gasteiger partial charge in [0.2, 0.25) is 0 Å². The second kappa shape index (κ2) is 4.38. The Morgan fingerprint density at radius 1 is 0.923 bits per heavy atom. The summed E-state index contributed by atoms with van der Waals surface area (Å²) in [6, 6.07) is 0. The van der Waals surface area contributed by atoms with Crippen LogP contribution in [0.15, 0.2) is 0 Å². The molecule has 2 unspecified atom stereocenters. The van der Waals surface area contributed by atoms with E-state index in [0.717, 1.165) is 39.0 Å². The molecule has 3 heteroatoms. The Kier molecular flexibility index (Phi) is 3.17. The van der Waals surface area contributed by atoms with Crippen LogP contribution in [0, 0.1) is 11.8 Å². The first-order chi connectivity index (χ1) is 6.38. The van der Waals surface area contributed by atoms with Crippen molar-refractivity contribution in [2.24, 2.45) is 11.8 Å². The van der Waals surface area contributed by atoms with Crippen LogP contribution in [0.25, 0.3) is 0 Å². The lowest BCUT2D eigenvalue weighted by Crippen LogP contribution is -2.44. The lowest BCUT2D eigenvalue weighted by Gasteiger charge is -2.35. The summed E-state index contributed by atoms with van der Waals surface area (Å²) < 4.78 is 13.6. The number of piperidine rings is 2. The summed E-state index contributed by atoms with van der Waals surface area (Å²) in [5, 5.41) is 6.63. The summed E-state index contributed by atoms with van der Waals surface area (Å²) in [4.78, 5) is 0. The monoisotopic (exact) mass is 186 g/mol. The SMILES string of the molecule is FC1CCNCC1C1CCNCC1. The van der Waals surface area contributed by atoms with Gasteiger partial charge in [0.25, 0.3) is 0 Å². The summed E-state index contributed by atoms with van der Waals surface area (Å²) in [6.45, 7) is 3.91. The van der Waals surface area contributed by atoms with Crippen LogP contribution < -0.4 is 10.6 Å². The van der Waals surface area contributed by atoms with Crippen molar-refractivity contribution >= 4 is 0 Å². The van der Waals surface area contributed by atoms with Gasteiger partial charge in [0.1, 0.15) is 6.17 Å². The van der Waals surface area contributed by atoms with Gasteiger partial charge < -0.3 is 10.6 Å². The Balaban J connectivity index is 1.88. The van der Waals surface area contributed by atoms with Gasteiger partial charge in [-0.05, 0) is 44.8 Å². The van der Waals surface area contributed by atoms with Gasteiger partial charge in [-0.25, -0.2) is 4.39 Å². The first-order valence-corrected chi connectivity index (χ1v) is 5.43. The van der Waals surface area contributed by atoms with E-state index in [0.29, 0.717) is 12.3 Å². The molecule has 0 radical (unpaired) electrons. The fourth-order valence-electron chi connectivity index (χ4n) is 2.59. The average molecular weight is 186 g/mol.